The van der Waals surface area contributed by atoms with E-state index < -0.39 is 5.97 Å². The Kier molecular flexibility index (Phi) is 3.65. The standard InChI is InChI=1S/C16H12ClN3O2/c1-10-12(17)8-5-9-13(10)20-15(11-6-3-2-4-7-11)14(16(21)22)18-19-20/h2-9H,1H3,(H,21,22). The maximum absolute atomic E-state index is 11.4. The largest absolute Gasteiger partial charge is 0.476 e. The number of nitrogens with zero attached hydrogens (tertiary/aromatic N) is 3. The molecule has 0 aliphatic heterocycles. The van der Waals surface area contributed by atoms with Gasteiger partial charge in [-0.3, -0.25) is 0 Å². The van der Waals surface area contributed by atoms with Gasteiger partial charge in [0.1, 0.15) is 5.69 Å². The molecule has 110 valence electrons. The Morgan fingerprint density at radius 2 is 1.86 bits per heavy atom. The van der Waals surface area contributed by atoms with Crippen LogP contribution in [0, 0.1) is 6.92 Å². The second-order valence-corrected chi connectivity index (χ2v) is 5.16. The zero-order valence-electron chi connectivity index (χ0n) is 11.7. The summed E-state index contributed by atoms with van der Waals surface area (Å²) < 4.78 is 1.51. The van der Waals surface area contributed by atoms with Crippen LogP contribution < -0.4 is 0 Å². The molecule has 0 bridgehead atoms. The zero-order chi connectivity index (χ0) is 15.7. The summed E-state index contributed by atoms with van der Waals surface area (Å²) in [5.74, 6) is -1.12. The van der Waals surface area contributed by atoms with E-state index in [1.54, 1.807) is 12.1 Å². The van der Waals surface area contributed by atoms with Crippen molar-refractivity contribution in [3.05, 3.63) is 64.8 Å². The Labute approximate surface area is 131 Å². The van der Waals surface area contributed by atoms with E-state index in [1.165, 1.54) is 4.68 Å². The van der Waals surface area contributed by atoms with Gasteiger partial charge in [0.05, 0.1) is 5.69 Å². The molecule has 1 heterocycles. The maximum atomic E-state index is 11.4. The van der Waals surface area contributed by atoms with Gasteiger partial charge in [-0.15, -0.1) is 5.10 Å². The van der Waals surface area contributed by atoms with Crippen LogP contribution in [0.25, 0.3) is 16.9 Å². The molecule has 0 fully saturated rings. The van der Waals surface area contributed by atoms with Crippen molar-refractivity contribution in [3.63, 3.8) is 0 Å². The van der Waals surface area contributed by atoms with Gasteiger partial charge < -0.3 is 5.11 Å². The van der Waals surface area contributed by atoms with Gasteiger partial charge in [0, 0.05) is 10.6 Å². The van der Waals surface area contributed by atoms with E-state index in [9.17, 15) is 9.90 Å². The van der Waals surface area contributed by atoms with Gasteiger partial charge in [-0.2, -0.15) is 0 Å². The number of hydrogen-bond acceptors (Lipinski definition) is 3. The monoisotopic (exact) mass is 313 g/mol. The molecule has 22 heavy (non-hydrogen) atoms. The van der Waals surface area contributed by atoms with Gasteiger partial charge in [-0.25, -0.2) is 9.48 Å². The van der Waals surface area contributed by atoms with Crippen molar-refractivity contribution in [1.29, 1.82) is 0 Å². The first kappa shape index (κ1) is 14.3. The van der Waals surface area contributed by atoms with Gasteiger partial charge >= 0.3 is 5.97 Å². The first-order chi connectivity index (χ1) is 10.6. The highest BCUT2D eigenvalue weighted by molar-refractivity contribution is 6.31. The van der Waals surface area contributed by atoms with Crippen LogP contribution in [0.4, 0.5) is 0 Å². The van der Waals surface area contributed by atoms with Crippen molar-refractivity contribution < 1.29 is 9.90 Å². The summed E-state index contributed by atoms with van der Waals surface area (Å²) in [6.07, 6.45) is 0. The van der Waals surface area contributed by atoms with Gasteiger partial charge in [0.25, 0.3) is 0 Å². The number of aromatic carboxylic acids is 1. The maximum Gasteiger partial charge on any atom is 0.358 e. The van der Waals surface area contributed by atoms with Crippen LogP contribution in [0.2, 0.25) is 5.02 Å². The molecule has 0 unspecified atom stereocenters. The molecule has 1 N–H and O–H groups in total. The molecule has 3 rings (SSSR count). The number of rotatable bonds is 3. The number of benzene rings is 2. The molecule has 3 aromatic rings. The summed E-state index contributed by atoms with van der Waals surface area (Å²) in [6, 6.07) is 14.6. The lowest BCUT2D eigenvalue weighted by molar-refractivity contribution is 0.0691. The fraction of sp³-hybridized carbons (Fsp3) is 0.0625. The van der Waals surface area contributed by atoms with Crippen molar-refractivity contribution in [2.45, 2.75) is 6.92 Å². The van der Waals surface area contributed by atoms with Crippen molar-refractivity contribution >= 4 is 17.6 Å². The summed E-state index contributed by atoms with van der Waals surface area (Å²) in [4.78, 5) is 11.4. The van der Waals surface area contributed by atoms with Crippen molar-refractivity contribution in [3.8, 4) is 16.9 Å². The molecule has 0 radical (unpaired) electrons. The summed E-state index contributed by atoms with van der Waals surface area (Å²) in [5, 5.41) is 17.8. The fourth-order valence-electron chi connectivity index (χ4n) is 2.28. The summed E-state index contributed by atoms with van der Waals surface area (Å²) in [7, 11) is 0. The second kappa shape index (κ2) is 5.61. The lowest BCUT2D eigenvalue weighted by Gasteiger charge is -2.10. The Morgan fingerprint density at radius 1 is 1.14 bits per heavy atom. The Balaban J connectivity index is 2.30. The molecule has 0 saturated carbocycles. The molecule has 1 aromatic heterocycles. The van der Waals surface area contributed by atoms with E-state index in [4.69, 9.17) is 11.6 Å². The highest BCUT2D eigenvalue weighted by atomic mass is 35.5. The van der Waals surface area contributed by atoms with E-state index >= 15 is 0 Å². The smallest absolute Gasteiger partial charge is 0.358 e. The van der Waals surface area contributed by atoms with Crippen molar-refractivity contribution in [2.24, 2.45) is 0 Å². The summed E-state index contributed by atoms with van der Waals surface area (Å²) >= 11 is 6.15. The van der Waals surface area contributed by atoms with Crippen molar-refractivity contribution in [2.75, 3.05) is 0 Å². The third-order valence-electron chi connectivity index (χ3n) is 3.39. The van der Waals surface area contributed by atoms with Gasteiger partial charge in [-0.05, 0) is 24.6 Å². The molecule has 0 aliphatic rings. The van der Waals surface area contributed by atoms with Gasteiger partial charge in [0.2, 0.25) is 0 Å². The number of halogens is 1. The number of carbonyl (C=O) groups is 1. The number of hydrogen-bond donors (Lipinski definition) is 1. The number of aromatic nitrogens is 3. The fourth-order valence-corrected chi connectivity index (χ4v) is 2.44. The first-order valence-corrected chi connectivity index (χ1v) is 6.97. The van der Waals surface area contributed by atoms with Gasteiger partial charge in [0.15, 0.2) is 5.69 Å². The van der Waals surface area contributed by atoms with Crippen LogP contribution >= 0.6 is 11.6 Å². The van der Waals surface area contributed by atoms with E-state index in [0.29, 0.717) is 16.4 Å². The Hall–Kier alpha value is -2.66. The SMILES string of the molecule is Cc1c(Cl)cccc1-n1nnc(C(=O)O)c1-c1ccccc1. The van der Waals surface area contributed by atoms with Crippen LogP contribution in [0.1, 0.15) is 16.1 Å². The zero-order valence-corrected chi connectivity index (χ0v) is 12.4. The third-order valence-corrected chi connectivity index (χ3v) is 3.80. The minimum Gasteiger partial charge on any atom is -0.476 e. The minimum atomic E-state index is -1.12. The predicted molar refractivity (Wildman–Crippen MR) is 83.5 cm³/mol. The lowest BCUT2D eigenvalue weighted by Crippen LogP contribution is -2.04. The normalized spacial score (nSPS) is 10.6. The van der Waals surface area contributed by atoms with Crippen molar-refractivity contribution in [1.82, 2.24) is 15.0 Å². The quantitative estimate of drug-likeness (QED) is 0.802. The highest BCUT2D eigenvalue weighted by Crippen LogP contribution is 2.28. The van der Waals surface area contributed by atoms with Gasteiger partial charge in [-0.1, -0.05) is 53.2 Å². The highest BCUT2D eigenvalue weighted by Gasteiger charge is 2.22. The van der Waals surface area contributed by atoms with Crippen LogP contribution in [0.15, 0.2) is 48.5 Å². The third kappa shape index (κ3) is 2.35. The predicted octanol–water partition coefficient (Wildman–Crippen LogP) is 3.59. The number of carboxylic acids is 1. The molecule has 0 amide bonds. The minimum absolute atomic E-state index is 0.0921. The Morgan fingerprint density at radius 3 is 2.55 bits per heavy atom. The van der Waals surface area contributed by atoms with Crippen LogP contribution in [0.5, 0.6) is 0 Å². The molecular weight excluding hydrogens is 302 g/mol. The van der Waals surface area contributed by atoms with Crippen LogP contribution in [0.3, 0.4) is 0 Å². The molecule has 2 aromatic carbocycles. The molecule has 0 aliphatic carbocycles. The average molecular weight is 314 g/mol. The Bertz CT molecular complexity index is 844. The van der Waals surface area contributed by atoms with E-state index in [1.807, 2.05) is 43.3 Å². The molecule has 0 spiro atoms. The van der Waals surface area contributed by atoms with Crippen LogP contribution in [-0.4, -0.2) is 26.1 Å². The van der Waals surface area contributed by atoms with E-state index in [0.717, 1.165) is 11.1 Å². The molecule has 0 saturated heterocycles. The van der Waals surface area contributed by atoms with E-state index in [-0.39, 0.29) is 5.69 Å². The summed E-state index contributed by atoms with van der Waals surface area (Å²) in [5.41, 5.74) is 2.57. The summed E-state index contributed by atoms with van der Waals surface area (Å²) in [6.45, 7) is 1.86. The second-order valence-electron chi connectivity index (χ2n) is 4.75. The molecule has 0 atom stereocenters. The van der Waals surface area contributed by atoms with E-state index in [2.05, 4.69) is 10.3 Å². The molecular formula is C16H12ClN3O2. The molecule has 6 heteroatoms. The lowest BCUT2D eigenvalue weighted by atomic mass is 10.1. The average Bonchev–Trinajstić information content (AvgIpc) is 2.96. The topological polar surface area (TPSA) is 68.0 Å². The van der Waals surface area contributed by atoms with Crippen LogP contribution in [-0.2, 0) is 0 Å². The molecule has 5 nitrogen and oxygen atoms in total. The first-order valence-electron chi connectivity index (χ1n) is 6.59. The number of carboxylic acid groups (broad SMARTS) is 1.